The lowest BCUT2D eigenvalue weighted by Crippen LogP contribution is -2.52. The summed E-state index contributed by atoms with van der Waals surface area (Å²) in [6, 6.07) is 9.50. The maximum absolute atomic E-state index is 12.6. The Morgan fingerprint density at radius 3 is 2.65 bits per heavy atom. The standard InChI is InChI=1S/C18H25N3O2/c1-13(15-10-19-11-15)18(23)21-9-5-6-14(12-21)17(22)20-16-7-3-2-4-8-16/h2-4,7-8,13-15,19H,5-6,9-12H2,1H3,(H,20,22). The molecule has 2 N–H and O–H groups in total. The van der Waals surface area contributed by atoms with Crippen LogP contribution in [0.15, 0.2) is 30.3 Å². The third-order valence-electron chi connectivity index (χ3n) is 5.05. The lowest BCUT2D eigenvalue weighted by molar-refractivity contribution is -0.140. The Bertz CT molecular complexity index is 557. The molecule has 1 aromatic rings. The number of hydrogen-bond donors (Lipinski definition) is 2. The quantitative estimate of drug-likeness (QED) is 0.889. The molecule has 2 unspecified atom stereocenters. The Morgan fingerprint density at radius 1 is 1.26 bits per heavy atom. The number of benzene rings is 1. The molecule has 2 aliphatic rings. The highest BCUT2D eigenvalue weighted by Crippen LogP contribution is 2.24. The van der Waals surface area contributed by atoms with Gasteiger partial charge in [0.05, 0.1) is 5.92 Å². The van der Waals surface area contributed by atoms with Gasteiger partial charge in [-0.1, -0.05) is 25.1 Å². The van der Waals surface area contributed by atoms with Crippen LogP contribution < -0.4 is 10.6 Å². The molecule has 23 heavy (non-hydrogen) atoms. The number of para-hydroxylation sites is 1. The number of likely N-dealkylation sites (tertiary alicyclic amines) is 1. The summed E-state index contributed by atoms with van der Waals surface area (Å²) in [7, 11) is 0. The number of nitrogens with one attached hydrogen (secondary N) is 2. The second-order valence-corrected chi connectivity index (χ2v) is 6.69. The maximum Gasteiger partial charge on any atom is 0.229 e. The predicted molar refractivity (Wildman–Crippen MR) is 89.9 cm³/mol. The van der Waals surface area contributed by atoms with Gasteiger partial charge in [0.2, 0.25) is 11.8 Å². The van der Waals surface area contributed by atoms with Gasteiger partial charge in [0.1, 0.15) is 0 Å². The van der Waals surface area contributed by atoms with Crippen molar-refractivity contribution in [3.8, 4) is 0 Å². The van der Waals surface area contributed by atoms with Gasteiger partial charge in [0.15, 0.2) is 0 Å². The normalized spacial score (nSPS) is 23.0. The number of hydrogen-bond acceptors (Lipinski definition) is 3. The van der Waals surface area contributed by atoms with Gasteiger partial charge in [-0.05, 0) is 44.0 Å². The summed E-state index contributed by atoms with van der Waals surface area (Å²) >= 11 is 0. The zero-order valence-corrected chi connectivity index (χ0v) is 13.6. The SMILES string of the molecule is CC(C(=O)N1CCCC(C(=O)Nc2ccccc2)C1)C1CNC1. The van der Waals surface area contributed by atoms with Gasteiger partial charge in [0.25, 0.3) is 0 Å². The van der Waals surface area contributed by atoms with Crippen LogP contribution in [0.5, 0.6) is 0 Å². The highest BCUT2D eigenvalue weighted by Gasteiger charge is 2.35. The molecule has 0 aliphatic carbocycles. The Balaban J connectivity index is 1.57. The van der Waals surface area contributed by atoms with Crippen molar-refractivity contribution >= 4 is 17.5 Å². The lowest BCUT2D eigenvalue weighted by atomic mass is 9.86. The third kappa shape index (κ3) is 3.72. The van der Waals surface area contributed by atoms with Crippen molar-refractivity contribution in [3.63, 3.8) is 0 Å². The van der Waals surface area contributed by atoms with E-state index in [1.807, 2.05) is 42.2 Å². The molecule has 124 valence electrons. The number of amides is 2. The Labute approximate surface area is 137 Å². The van der Waals surface area contributed by atoms with Gasteiger partial charge in [-0.3, -0.25) is 9.59 Å². The first kappa shape index (κ1) is 16.0. The average Bonchev–Trinajstić information content (AvgIpc) is 2.53. The Kier molecular flexibility index (Phi) is 4.96. The number of piperidine rings is 1. The van der Waals surface area contributed by atoms with Crippen molar-refractivity contribution < 1.29 is 9.59 Å². The van der Waals surface area contributed by atoms with Crippen LogP contribution in [-0.4, -0.2) is 42.9 Å². The fourth-order valence-corrected chi connectivity index (χ4v) is 3.31. The van der Waals surface area contributed by atoms with Crippen LogP contribution in [-0.2, 0) is 9.59 Å². The van der Waals surface area contributed by atoms with Gasteiger partial charge in [-0.2, -0.15) is 0 Å². The molecule has 1 aromatic carbocycles. The summed E-state index contributed by atoms with van der Waals surface area (Å²) in [5.74, 6) is 0.605. The molecule has 2 heterocycles. The van der Waals surface area contributed by atoms with E-state index in [0.29, 0.717) is 12.5 Å². The van der Waals surface area contributed by atoms with Gasteiger partial charge in [-0.25, -0.2) is 0 Å². The van der Waals surface area contributed by atoms with Crippen LogP contribution in [0.4, 0.5) is 5.69 Å². The smallest absolute Gasteiger partial charge is 0.229 e. The number of carbonyl (C=O) groups is 2. The molecule has 0 saturated carbocycles. The molecule has 3 rings (SSSR count). The minimum Gasteiger partial charge on any atom is -0.342 e. The molecular weight excluding hydrogens is 290 g/mol. The van der Waals surface area contributed by atoms with E-state index in [1.54, 1.807) is 0 Å². The van der Waals surface area contributed by atoms with Crippen LogP contribution in [0.2, 0.25) is 0 Å². The first-order valence-electron chi connectivity index (χ1n) is 8.50. The molecule has 2 fully saturated rings. The van der Waals surface area contributed by atoms with E-state index in [0.717, 1.165) is 38.2 Å². The van der Waals surface area contributed by atoms with Gasteiger partial charge < -0.3 is 15.5 Å². The highest BCUT2D eigenvalue weighted by molar-refractivity contribution is 5.93. The molecular formula is C18H25N3O2. The molecule has 0 aromatic heterocycles. The van der Waals surface area contributed by atoms with Crippen LogP contribution in [0.1, 0.15) is 19.8 Å². The largest absolute Gasteiger partial charge is 0.342 e. The van der Waals surface area contributed by atoms with Crippen molar-refractivity contribution in [2.24, 2.45) is 17.8 Å². The summed E-state index contributed by atoms with van der Waals surface area (Å²) < 4.78 is 0. The summed E-state index contributed by atoms with van der Waals surface area (Å²) in [5.41, 5.74) is 0.815. The van der Waals surface area contributed by atoms with Crippen molar-refractivity contribution in [2.75, 3.05) is 31.5 Å². The van der Waals surface area contributed by atoms with Crippen molar-refractivity contribution in [1.29, 1.82) is 0 Å². The molecule has 2 amide bonds. The van der Waals surface area contributed by atoms with E-state index in [4.69, 9.17) is 0 Å². The van der Waals surface area contributed by atoms with Crippen LogP contribution in [0, 0.1) is 17.8 Å². The zero-order valence-electron chi connectivity index (χ0n) is 13.6. The molecule has 0 spiro atoms. The number of nitrogens with zero attached hydrogens (tertiary/aromatic N) is 1. The second-order valence-electron chi connectivity index (χ2n) is 6.69. The number of carbonyl (C=O) groups excluding carboxylic acids is 2. The zero-order chi connectivity index (χ0) is 16.2. The summed E-state index contributed by atoms with van der Waals surface area (Å²) in [4.78, 5) is 27.0. The van der Waals surface area contributed by atoms with Crippen LogP contribution in [0.25, 0.3) is 0 Å². The first-order valence-corrected chi connectivity index (χ1v) is 8.50. The van der Waals surface area contributed by atoms with E-state index in [1.165, 1.54) is 0 Å². The minimum atomic E-state index is -0.111. The summed E-state index contributed by atoms with van der Waals surface area (Å²) in [5, 5.41) is 6.18. The number of rotatable bonds is 4. The average molecular weight is 315 g/mol. The van der Waals surface area contributed by atoms with Crippen molar-refractivity contribution in [3.05, 3.63) is 30.3 Å². The third-order valence-corrected chi connectivity index (χ3v) is 5.05. The molecule has 5 heteroatoms. The highest BCUT2D eigenvalue weighted by atomic mass is 16.2. The molecule has 5 nitrogen and oxygen atoms in total. The van der Waals surface area contributed by atoms with E-state index >= 15 is 0 Å². The van der Waals surface area contributed by atoms with Gasteiger partial charge in [0, 0.05) is 24.7 Å². The fourth-order valence-electron chi connectivity index (χ4n) is 3.31. The first-order chi connectivity index (χ1) is 11.1. The molecule has 2 aliphatic heterocycles. The van der Waals surface area contributed by atoms with Crippen molar-refractivity contribution in [1.82, 2.24) is 10.2 Å². The maximum atomic E-state index is 12.6. The lowest BCUT2D eigenvalue weighted by Gasteiger charge is -2.38. The minimum absolute atomic E-state index is 0.0201. The van der Waals surface area contributed by atoms with Crippen LogP contribution >= 0.6 is 0 Å². The van der Waals surface area contributed by atoms with Gasteiger partial charge in [-0.15, -0.1) is 0 Å². The van der Waals surface area contributed by atoms with E-state index in [2.05, 4.69) is 10.6 Å². The fraction of sp³-hybridized carbons (Fsp3) is 0.556. The predicted octanol–water partition coefficient (Wildman–Crippen LogP) is 1.72. The molecule has 0 bridgehead atoms. The Hall–Kier alpha value is -1.88. The van der Waals surface area contributed by atoms with E-state index < -0.39 is 0 Å². The van der Waals surface area contributed by atoms with Gasteiger partial charge >= 0.3 is 0 Å². The second kappa shape index (κ2) is 7.13. The van der Waals surface area contributed by atoms with E-state index in [-0.39, 0.29) is 23.7 Å². The van der Waals surface area contributed by atoms with E-state index in [9.17, 15) is 9.59 Å². The number of anilines is 1. The Morgan fingerprint density at radius 2 is 2.00 bits per heavy atom. The summed E-state index contributed by atoms with van der Waals surface area (Å²) in [6.07, 6.45) is 1.75. The van der Waals surface area contributed by atoms with Crippen LogP contribution in [0.3, 0.4) is 0 Å². The van der Waals surface area contributed by atoms with Crippen molar-refractivity contribution in [2.45, 2.75) is 19.8 Å². The molecule has 2 saturated heterocycles. The molecule has 2 atom stereocenters. The summed E-state index contributed by atoms with van der Waals surface area (Å²) in [6.45, 7) is 5.19. The molecule has 0 radical (unpaired) electrons. The topological polar surface area (TPSA) is 61.4 Å². The monoisotopic (exact) mass is 315 g/mol.